The number of carbonyl (C=O) groups is 2. The quantitative estimate of drug-likeness (QED) is 0.609. The fourth-order valence-corrected chi connectivity index (χ4v) is 4.11. The highest BCUT2D eigenvalue weighted by atomic mass is 19.1. The van der Waals surface area contributed by atoms with Gasteiger partial charge in [-0.05, 0) is 68.3 Å². The van der Waals surface area contributed by atoms with E-state index in [1.165, 1.54) is 24.3 Å². The number of hydrogen-bond acceptors (Lipinski definition) is 4. The van der Waals surface area contributed by atoms with Gasteiger partial charge in [-0.1, -0.05) is 6.07 Å². The van der Waals surface area contributed by atoms with Gasteiger partial charge < -0.3 is 15.0 Å². The molecule has 0 atom stereocenters. The molecule has 4 rings (SSSR count). The van der Waals surface area contributed by atoms with E-state index in [9.17, 15) is 14.0 Å². The molecule has 1 N–H and O–H groups in total. The molecule has 0 saturated carbocycles. The number of carbonyl (C=O) groups excluding carboxylic acids is 2. The van der Waals surface area contributed by atoms with E-state index in [2.05, 4.69) is 5.32 Å². The number of amides is 2. The molecule has 6 nitrogen and oxygen atoms in total. The molecule has 0 spiro atoms. The zero-order valence-corrected chi connectivity index (χ0v) is 18.7. The van der Waals surface area contributed by atoms with Crippen molar-refractivity contribution in [2.45, 2.75) is 25.7 Å². The zero-order valence-electron chi connectivity index (χ0n) is 18.7. The highest BCUT2D eigenvalue weighted by Crippen LogP contribution is 2.30. The van der Waals surface area contributed by atoms with Crippen LogP contribution in [0.3, 0.4) is 0 Å². The average molecular weight is 448 g/mol. The Labute approximate surface area is 192 Å². The monoisotopic (exact) mass is 447 g/mol. The molecule has 33 heavy (non-hydrogen) atoms. The maximum Gasteiger partial charge on any atom is 0.257 e. The molecule has 0 bridgehead atoms. The Hall–Kier alpha value is -3.74. The second-order valence-electron chi connectivity index (χ2n) is 8.14. The van der Waals surface area contributed by atoms with Crippen LogP contribution < -0.4 is 10.1 Å². The summed E-state index contributed by atoms with van der Waals surface area (Å²) in [6.07, 6.45) is 1.39. The molecule has 0 aliphatic carbocycles. The summed E-state index contributed by atoms with van der Waals surface area (Å²) >= 11 is 0. The Morgan fingerprint density at radius 1 is 1.06 bits per heavy atom. The van der Waals surface area contributed by atoms with E-state index in [4.69, 9.17) is 9.72 Å². The van der Waals surface area contributed by atoms with Gasteiger partial charge in [-0.15, -0.1) is 0 Å². The minimum absolute atomic E-state index is 0.0632. The van der Waals surface area contributed by atoms with Gasteiger partial charge in [-0.2, -0.15) is 0 Å². The van der Waals surface area contributed by atoms with E-state index in [0.717, 1.165) is 11.4 Å². The van der Waals surface area contributed by atoms with E-state index < -0.39 is 0 Å². The van der Waals surface area contributed by atoms with Gasteiger partial charge in [0.15, 0.2) is 0 Å². The molecule has 0 radical (unpaired) electrons. The zero-order chi connectivity index (χ0) is 23.4. The van der Waals surface area contributed by atoms with Gasteiger partial charge in [-0.3, -0.25) is 14.6 Å². The van der Waals surface area contributed by atoms with Crippen molar-refractivity contribution in [3.8, 4) is 5.75 Å². The normalized spacial score (nSPS) is 14.1. The second-order valence-corrected chi connectivity index (χ2v) is 8.14. The molecule has 1 aromatic heterocycles. The van der Waals surface area contributed by atoms with Crippen molar-refractivity contribution in [1.82, 2.24) is 9.88 Å². The maximum atomic E-state index is 13.2. The molecule has 1 aliphatic rings. The van der Waals surface area contributed by atoms with Crippen LogP contribution in [0.2, 0.25) is 0 Å². The molecular formula is C26H26FN3O3. The number of nitrogens with one attached hydrogen (secondary N) is 1. The lowest BCUT2D eigenvalue weighted by Gasteiger charge is -2.32. The summed E-state index contributed by atoms with van der Waals surface area (Å²) < 4.78 is 18.4. The Morgan fingerprint density at radius 3 is 2.48 bits per heavy atom. The van der Waals surface area contributed by atoms with Crippen molar-refractivity contribution < 1.29 is 18.7 Å². The molecule has 1 saturated heterocycles. The maximum absolute atomic E-state index is 13.2. The number of aryl methyl sites for hydroxylation is 1. The molecule has 2 heterocycles. The van der Waals surface area contributed by atoms with Gasteiger partial charge in [0.05, 0.1) is 18.4 Å². The number of likely N-dealkylation sites (tertiary alicyclic amines) is 1. The van der Waals surface area contributed by atoms with Crippen molar-refractivity contribution in [3.05, 3.63) is 89.0 Å². The van der Waals surface area contributed by atoms with Crippen LogP contribution in [-0.2, 0) is 0 Å². The van der Waals surface area contributed by atoms with Crippen LogP contribution in [0.25, 0.3) is 0 Å². The molecule has 0 unspecified atom stereocenters. The van der Waals surface area contributed by atoms with Crippen LogP contribution in [0.15, 0.2) is 60.7 Å². The minimum atomic E-state index is -0.365. The third kappa shape index (κ3) is 5.19. The van der Waals surface area contributed by atoms with E-state index in [1.807, 2.05) is 31.2 Å². The van der Waals surface area contributed by atoms with Gasteiger partial charge in [0.1, 0.15) is 11.6 Å². The van der Waals surface area contributed by atoms with Crippen molar-refractivity contribution in [3.63, 3.8) is 0 Å². The molecule has 7 heteroatoms. The van der Waals surface area contributed by atoms with Crippen LogP contribution in [0.4, 0.5) is 10.1 Å². The predicted octanol–water partition coefficient (Wildman–Crippen LogP) is 4.81. The van der Waals surface area contributed by atoms with Gasteiger partial charge >= 0.3 is 0 Å². The third-order valence-corrected chi connectivity index (χ3v) is 5.90. The lowest BCUT2D eigenvalue weighted by Crippen LogP contribution is -2.38. The lowest BCUT2D eigenvalue weighted by molar-refractivity contribution is 0.0711. The fraction of sp³-hybridized carbons (Fsp3) is 0.269. The van der Waals surface area contributed by atoms with Crippen LogP contribution in [0, 0.1) is 12.7 Å². The number of piperidine rings is 1. The third-order valence-electron chi connectivity index (χ3n) is 5.90. The Balaban J connectivity index is 1.48. The number of hydrogen-bond donors (Lipinski definition) is 1. The summed E-state index contributed by atoms with van der Waals surface area (Å²) in [5.74, 6) is 0.0224. The van der Waals surface area contributed by atoms with Crippen molar-refractivity contribution >= 4 is 17.5 Å². The van der Waals surface area contributed by atoms with Crippen LogP contribution in [0.1, 0.15) is 50.9 Å². The van der Waals surface area contributed by atoms with E-state index in [1.54, 1.807) is 24.1 Å². The molecule has 2 aromatic carbocycles. The van der Waals surface area contributed by atoms with Crippen molar-refractivity contribution in [1.29, 1.82) is 0 Å². The smallest absolute Gasteiger partial charge is 0.257 e. The number of pyridine rings is 1. The summed E-state index contributed by atoms with van der Waals surface area (Å²) in [5.41, 5.74) is 3.25. The largest absolute Gasteiger partial charge is 0.497 e. The SMILES string of the molecule is COc1cccc(NC(=O)c2ccc(C)nc2C2CCN(C(=O)c3ccc(F)cc3)CC2)c1. The first-order valence-electron chi connectivity index (χ1n) is 10.9. The highest BCUT2D eigenvalue weighted by molar-refractivity contribution is 6.05. The number of halogens is 1. The topological polar surface area (TPSA) is 71.5 Å². The van der Waals surface area contributed by atoms with Crippen LogP contribution in [-0.4, -0.2) is 41.9 Å². The van der Waals surface area contributed by atoms with Crippen molar-refractivity contribution in [2.24, 2.45) is 0 Å². The van der Waals surface area contributed by atoms with E-state index >= 15 is 0 Å². The van der Waals surface area contributed by atoms with E-state index in [-0.39, 0.29) is 23.5 Å². The number of nitrogens with zero attached hydrogens (tertiary/aromatic N) is 2. The van der Waals surface area contributed by atoms with Gasteiger partial charge in [-0.25, -0.2) is 4.39 Å². The number of anilines is 1. The van der Waals surface area contributed by atoms with Crippen LogP contribution in [0.5, 0.6) is 5.75 Å². The second kappa shape index (κ2) is 9.81. The molecule has 1 aliphatic heterocycles. The number of methoxy groups -OCH3 is 1. The van der Waals surface area contributed by atoms with E-state index in [0.29, 0.717) is 48.5 Å². The first kappa shape index (κ1) is 22.5. The number of aromatic nitrogens is 1. The first-order chi connectivity index (χ1) is 15.9. The first-order valence-corrected chi connectivity index (χ1v) is 10.9. The fourth-order valence-electron chi connectivity index (χ4n) is 4.11. The molecule has 1 fully saturated rings. The van der Waals surface area contributed by atoms with Crippen molar-refractivity contribution in [2.75, 3.05) is 25.5 Å². The highest BCUT2D eigenvalue weighted by Gasteiger charge is 2.28. The standard InChI is InChI=1S/C26H26FN3O3/c1-17-6-11-23(25(31)29-21-4-3-5-22(16-21)33-2)24(28-17)18-12-14-30(15-13-18)26(32)19-7-9-20(27)10-8-19/h3-11,16,18H,12-15H2,1-2H3,(H,29,31). The Kier molecular flexibility index (Phi) is 6.68. The molecule has 2 amide bonds. The van der Waals surface area contributed by atoms with Crippen LogP contribution >= 0.6 is 0 Å². The summed E-state index contributed by atoms with van der Waals surface area (Å²) in [6.45, 7) is 3.00. The summed E-state index contributed by atoms with van der Waals surface area (Å²) in [7, 11) is 1.58. The number of rotatable bonds is 5. The minimum Gasteiger partial charge on any atom is -0.497 e. The Morgan fingerprint density at radius 2 is 1.79 bits per heavy atom. The molecule has 170 valence electrons. The summed E-state index contributed by atoms with van der Waals surface area (Å²) in [4.78, 5) is 32.3. The molecular weight excluding hydrogens is 421 g/mol. The summed E-state index contributed by atoms with van der Waals surface area (Å²) in [5, 5.41) is 2.93. The average Bonchev–Trinajstić information content (AvgIpc) is 2.84. The number of benzene rings is 2. The number of ether oxygens (including phenoxy) is 1. The Bertz CT molecular complexity index is 1160. The summed E-state index contributed by atoms with van der Waals surface area (Å²) in [6, 6.07) is 16.4. The van der Waals surface area contributed by atoms with Gasteiger partial charge in [0, 0.05) is 42.0 Å². The van der Waals surface area contributed by atoms with Gasteiger partial charge in [0.2, 0.25) is 0 Å². The van der Waals surface area contributed by atoms with Gasteiger partial charge in [0.25, 0.3) is 11.8 Å². The predicted molar refractivity (Wildman–Crippen MR) is 124 cm³/mol. The molecule has 3 aromatic rings. The lowest BCUT2D eigenvalue weighted by atomic mass is 9.89.